The highest BCUT2D eigenvalue weighted by Crippen LogP contribution is 2.65. The lowest BCUT2D eigenvalue weighted by Crippen LogP contribution is -2.62. The first-order valence-electron chi connectivity index (χ1n) is 16.9. The van der Waals surface area contributed by atoms with Crippen LogP contribution in [-0.2, 0) is 23.9 Å². The van der Waals surface area contributed by atoms with Gasteiger partial charge in [0.05, 0.1) is 12.1 Å². The van der Waals surface area contributed by atoms with Crippen molar-refractivity contribution in [1.82, 2.24) is 31.5 Å². The topological polar surface area (TPSA) is 175 Å². The van der Waals surface area contributed by atoms with Gasteiger partial charge in [-0.15, -0.1) is 6.58 Å². The monoisotopic (exact) mass is 676 g/mol. The summed E-state index contributed by atoms with van der Waals surface area (Å²) in [5.74, 6) is -2.58. The van der Waals surface area contributed by atoms with Crippen molar-refractivity contribution in [3.8, 4) is 0 Å². The molecule has 13 nitrogen and oxygen atoms in total. The minimum Gasteiger partial charge on any atom is -0.447 e. The summed E-state index contributed by atoms with van der Waals surface area (Å²) in [6.45, 7) is 26.5. The molecule has 1 saturated carbocycles. The van der Waals surface area contributed by atoms with E-state index in [-0.39, 0.29) is 36.8 Å². The Morgan fingerprint density at radius 3 is 2.04 bits per heavy atom. The zero-order chi connectivity index (χ0) is 37.0. The molecule has 0 aromatic heterocycles. The van der Waals surface area contributed by atoms with E-state index in [0.29, 0.717) is 13.0 Å². The molecule has 48 heavy (non-hydrogen) atoms. The summed E-state index contributed by atoms with van der Waals surface area (Å²) in [6, 6.07) is -4.15. The lowest BCUT2D eigenvalue weighted by atomic mass is 9.85. The van der Waals surface area contributed by atoms with Crippen LogP contribution in [-0.4, -0.2) is 89.9 Å². The number of hydrogen-bond acceptors (Lipinski definition) is 7. The smallest absolute Gasteiger partial charge is 0.407 e. The van der Waals surface area contributed by atoms with Gasteiger partial charge in [-0.1, -0.05) is 74.8 Å². The third kappa shape index (κ3) is 10.4. The minimum absolute atomic E-state index is 0.0597. The van der Waals surface area contributed by atoms with Crippen molar-refractivity contribution in [3.05, 3.63) is 12.7 Å². The molecule has 2 aliphatic rings. The van der Waals surface area contributed by atoms with Crippen molar-refractivity contribution in [1.29, 1.82) is 0 Å². The van der Waals surface area contributed by atoms with Gasteiger partial charge in [0.25, 0.3) is 5.91 Å². The molecule has 1 saturated heterocycles. The summed E-state index contributed by atoms with van der Waals surface area (Å²) >= 11 is 0. The van der Waals surface area contributed by atoms with E-state index in [4.69, 9.17) is 4.74 Å². The fourth-order valence-corrected chi connectivity index (χ4v) is 6.19. The van der Waals surface area contributed by atoms with Crippen LogP contribution in [0.15, 0.2) is 12.7 Å². The molecule has 2 fully saturated rings. The van der Waals surface area contributed by atoms with Crippen LogP contribution in [0.25, 0.3) is 0 Å². The predicted molar refractivity (Wildman–Crippen MR) is 184 cm³/mol. The Balaban J connectivity index is 2.28. The van der Waals surface area contributed by atoms with E-state index >= 15 is 0 Å². The number of urea groups is 1. The van der Waals surface area contributed by atoms with Crippen LogP contribution in [0, 0.1) is 28.1 Å². The summed E-state index contributed by atoms with van der Waals surface area (Å²) in [7, 11) is 0. The van der Waals surface area contributed by atoms with Crippen molar-refractivity contribution in [3.63, 3.8) is 0 Å². The largest absolute Gasteiger partial charge is 0.447 e. The maximum Gasteiger partial charge on any atom is 0.407 e. The molecular formula is C35H60N6O7. The molecule has 1 heterocycles. The van der Waals surface area contributed by atoms with E-state index in [1.54, 1.807) is 0 Å². The van der Waals surface area contributed by atoms with Gasteiger partial charge in [0.2, 0.25) is 17.6 Å². The second-order valence-electron chi connectivity index (χ2n) is 16.9. The van der Waals surface area contributed by atoms with E-state index in [1.165, 1.54) is 11.0 Å². The van der Waals surface area contributed by atoms with E-state index in [2.05, 4.69) is 33.2 Å². The number of amides is 6. The molecular weight excluding hydrogens is 616 g/mol. The zero-order valence-corrected chi connectivity index (χ0v) is 31.1. The van der Waals surface area contributed by atoms with Crippen LogP contribution in [0.2, 0.25) is 0 Å². The molecule has 0 aromatic rings. The second-order valence-corrected chi connectivity index (χ2v) is 16.9. The number of carbonyl (C=O) groups excluding carboxylic acids is 6. The number of piperidine rings is 1. The van der Waals surface area contributed by atoms with Gasteiger partial charge in [0.1, 0.15) is 18.7 Å². The van der Waals surface area contributed by atoms with Gasteiger partial charge >= 0.3 is 12.1 Å². The van der Waals surface area contributed by atoms with Crippen molar-refractivity contribution in [2.24, 2.45) is 28.1 Å². The molecule has 13 heteroatoms. The van der Waals surface area contributed by atoms with Crippen LogP contribution in [0.1, 0.15) is 95.9 Å². The molecule has 6 amide bonds. The summed E-state index contributed by atoms with van der Waals surface area (Å²) in [5, 5.41) is 13.7. The molecule has 0 aromatic carbocycles. The Morgan fingerprint density at radius 1 is 0.938 bits per heavy atom. The Bertz CT molecular complexity index is 1240. The number of rotatable bonds is 13. The molecule has 6 atom stereocenters. The average molecular weight is 677 g/mol. The third-order valence-corrected chi connectivity index (χ3v) is 9.20. The molecule has 5 N–H and O–H groups in total. The van der Waals surface area contributed by atoms with E-state index in [0.717, 1.165) is 0 Å². The standard InChI is InChI=1S/C35H60N6O7/c1-14-16-21(25(42)28(44)36-17-15-2)37-27(43)24-23-20(35(23,12)13)18-41(24)29(45)26(33(6,7)8)39-30(46)38-22(32(3,4)5)19-48-31(47)40-34(9,10)11/h15,20-24,26H,2,14,16-19H2,1,3-13H3,(H,36,44)(H,37,43)(H,40,47)(H2,38,39,46)/t20?,21?,22-,23?,24-,26+/m0/s1. The first kappa shape index (κ1) is 40.5. The lowest BCUT2D eigenvalue weighted by molar-refractivity contribution is -0.145. The van der Waals surface area contributed by atoms with Crippen LogP contribution in [0.4, 0.5) is 9.59 Å². The van der Waals surface area contributed by atoms with Gasteiger partial charge in [-0.25, -0.2) is 9.59 Å². The van der Waals surface area contributed by atoms with Gasteiger partial charge < -0.3 is 36.2 Å². The summed E-state index contributed by atoms with van der Waals surface area (Å²) in [4.78, 5) is 80.9. The number of fused-ring (bicyclic) bond motifs is 1. The van der Waals surface area contributed by atoms with Crippen LogP contribution >= 0.6 is 0 Å². The zero-order valence-electron chi connectivity index (χ0n) is 31.1. The number of hydrogen-bond donors (Lipinski definition) is 5. The number of nitrogens with zero attached hydrogens (tertiary/aromatic N) is 1. The van der Waals surface area contributed by atoms with Gasteiger partial charge in [-0.05, 0) is 55.3 Å². The van der Waals surface area contributed by atoms with E-state index in [1.807, 2.05) is 83.1 Å². The van der Waals surface area contributed by atoms with Crippen molar-refractivity contribution in [2.75, 3.05) is 19.7 Å². The number of Topliss-reactive ketones (excluding diaryl/α,β-unsaturated/α-hetero) is 1. The van der Waals surface area contributed by atoms with Crippen LogP contribution in [0.3, 0.4) is 0 Å². The Morgan fingerprint density at radius 2 is 1.54 bits per heavy atom. The SMILES string of the molecule is C=CCNC(=O)C(=O)C(CCC)NC(=O)[C@@H]1C2C(CN1C(=O)[C@@H](NC(=O)N[C@@H](COC(=O)NC(C)(C)C)C(C)(C)C)C(C)(C)C)C2(C)C. The van der Waals surface area contributed by atoms with E-state index in [9.17, 15) is 28.8 Å². The normalized spacial score (nSPS) is 21.8. The first-order chi connectivity index (χ1) is 21.9. The van der Waals surface area contributed by atoms with Gasteiger partial charge in [0.15, 0.2) is 0 Å². The highest BCUT2D eigenvalue weighted by Gasteiger charge is 2.70. The lowest BCUT2D eigenvalue weighted by Gasteiger charge is -2.38. The molecule has 272 valence electrons. The molecule has 0 spiro atoms. The number of alkyl carbamates (subject to hydrolysis) is 1. The average Bonchev–Trinajstić information content (AvgIpc) is 3.25. The molecule has 1 aliphatic carbocycles. The molecule has 1 aliphatic heterocycles. The molecule has 0 bridgehead atoms. The van der Waals surface area contributed by atoms with Crippen molar-refractivity contribution < 1.29 is 33.5 Å². The number of ether oxygens (including phenoxy) is 1. The quantitative estimate of drug-likeness (QED) is 0.147. The Kier molecular flexibility index (Phi) is 12.9. The fraction of sp³-hybridized carbons (Fsp3) is 0.771. The number of likely N-dealkylation sites (tertiary alicyclic amines) is 1. The number of carbonyl (C=O) groups is 6. The maximum atomic E-state index is 14.3. The highest BCUT2D eigenvalue weighted by atomic mass is 16.5. The van der Waals surface area contributed by atoms with Gasteiger partial charge in [0, 0.05) is 18.6 Å². The van der Waals surface area contributed by atoms with Crippen molar-refractivity contribution >= 4 is 35.6 Å². The summed E-state index contributed by atoms with van der Waals surface area (Å²) < 4.78 is 5.42. The van der Waals surface area contributed by atoms with E-state index < -0.39 is 76.2 Å². The molecule has 3 unspecified atom stereocenters. The summed E-state index contributed by atoms with van der Waals surface area (Å²) in [6.07, 6.45) is 1.65. The summed E-state index contributed by atoms with van der Waals surface area (Å²) in [5.41, 5.74) is -1.94. The Labute approximate surface area is 286 Å². The molecule has 0 radical (unpaired) electrons. The number of ketones is 1. The fourth-order valence-electron chi connectivity index (χ4n) is 6.19. The predicted octanol–water partition coefficient (Wildman–Crippen LogP) is 3.28. The highest BCUT2D eigenvalue weighted by molar-refractivity contribution is 6.38. The second kappa shape index (κ2) is 15.3. The van der Waals surface area contributed by atoms with Crippen molar-refractivity contribution in [2.45, 2.75) is 126 Å². The third-order valence-electron chi connectivity index (χ3n) is 9.20. The number of nitrogens with one attached hydrogen (secondary N) is 5. The first-order valence-corrected chi connectivity index (χ1v) is 16.9. The van der Waals surface area contributed by atoms with Crippen LogP contribution < -0.4 is 26.6 Å². The van der Waals surface area contributed by atoms with Gasteiger partial charge in [-0.2, -0.15) is 0 Å². The minimum atomic E-state index is -1.05. The molecule has 2 rings (SSSR count). The van der Waals surface area contributed by atoms with Gasteiger partial charge in [-0.3, -0.25) is 19.2 Å². The van der Waals surface area contributed by atoms with Crippen LogP contribution in [0.5, 0.6) is 0 Å². The maximum absolute atomic E-state index is 14.3. The Hall–Kier alpha value is -3.64.